The molecule has 0 amide bonds. The maximum absolute atomic E-state index is 12.6. The Bertz CT molecular complexity index is 1030. The molecule has 1 atom stereocenters. The summed E-state index contributed by atoms with van der Waals surface area (Å²) in [7, 11) is 1.32. The van der Waals surface area contributed by atoms with Crippen molar-refractivity contribution < 1.29 is 18.7 Å². The van der Waals surface area contributed by atoms with E-state index in [1.54, 1.807) is 13.0 Å². The van der Waals surface area contributed by atoms with Crippen LogP contribution in [0.5, 0.6) is 5.75 Å². The second-order valence-corrected chi connectivity index (χ2v) is 6.57. The van der Waals surface area contributed by atoms with E-state index in [-0.39, 0.29) is 5.63 Å². The molecule has 1 heterocycles. The van der Waals surface area contributed by atoms with Crippen LogP contribution >= 0.6 is 0 Å². The Hall–Kier alpha value is -3.08. The minimum absolute atomic E-state index is 0.360. The van der Waals surface area contributed by atoms with Crippen molar-refractivity contribution in [1.82, 2.24) is 0 Å². The van der Waals surface area contributed by atoms with Gasteiger partial charge in [-0.05, 0) is 49.6 Å². The summed E-state index contributed by atoms with van der Waals surface area (Å²) in [5.74, 6) is 0.0302. The summed E-state index contributed by atoms with van der Waals surface area (Å²) in [5.41, 5.74) is 3.34. The zero-order valence-electron chi connectivity index (χ0n) is 15.9. The Balaban J connectivity index is 2.14. The van der Waals surface area contributed by atoms with E-state index >= 15 is 0 Å². The number of esters is 1. The van der Waals surface area contributed by atoms with Crippen molar-refractivity contribution in [2.45, 2.75) is 33.3 Å². The van der Waals surface area contributed by atoms with E-state index in [1.807, 2.05) is 50.2 Å². The number of carbonyl (C=O) groups excluding carboxylic acids is 1. The summed E-state index contributed by atoms with van der Waals surface area (Å²) in [6.45, 7) is 5.38. The molecule has 1 unspecified atom stereocenters. The number of methoxy groups -OCH3 is 1. The summed E-state index contributed by atoms with van der Waals surface area (Å²) in [4.78, 5) is 24.3. The lowest BCUT2D eigenvalue weighted by Gasteiger charge is -2.17. The molecule has 2 aromatic carbocycles. The first-order valence-corrected chi connectivity index (χ1v) is 8.76. The highest BCUT2D eigenvalue weighted by Crippen LogP contribution is 2.32. The van der Waals surface area contributed by atoms with Gasteiger partial charge in [-0.1, -0.05) is 30.3 Å². The second-order valence-electron chi connectivity index (χ2n) is 6.57. The zero-order valence-corrected chi connectivity index (χ0v) is 15.9. The molecule has 1 aromatic heterocycles. The quantitative estimate of drug-likeness (QED) is 0.505. The molecule has 5 heteroatoms. The van der Waals surface area contributed by atoms with Gasteiger partial charge in [0.1, 0.15) is 11.3 Å². The summed E-state index contributed by atoms with van der Waals surface area (Å²) in [6, 6.07) is 13.4. The fraction of sp³-hybridized carbons (Fsp3) is 0.273. The minimum atomic E-state index is -0.774. The van der Waals surface area contributed by atoms with Gasteiger partial charge in [0.15, 0.2) is 6.10 Å². The highest BCUT2D eigenvalue weighted by molar-refractivity contribution is 5.89. The molecule has 3 rings (SSSR count). The summed E-state index contributed by atoms with van der Waals surface area (Å²) in [6.07, 6.45) is -0.311. The third kappa shape index (κ3) is 3.87. The van der Waals surface area contributed by atoms with Crippen molar-refractivity contribution in [2.75, 3.05) is 7.11 Å². The molecule has 0 aliphatic rings. The van der Waals surface area contributed by atoms with Gasteiger partial charge >= 0.3 is 11.6 Å². The van der Waals surface area contributed by atoms with Crippen LogP contribution in [-0.2, 0) is 16.0 Å². The van der Waals surface area contributed by atoms with Crippen molar-refractivity contribution in [2.24, 2.45) is 0 Å². The molecule has 0 fully saturated rings. The number of hydrogen-bond acceptors (Lipinski definition) is 5. The lowest BCUT2D eigenvalue weighted by molar-refractivity contribution is -0.147. The average molecular weight is 366 g/mol. The van der Waals surface area contributed by atoms with Crippen molar-refractivity contribution >= 4 is 16.9 Å². The van der Waals surface area contributed by atoms with E-state index in [1.165, 1.54) is 7.11 Å². The number of benzene rings is 2. The third-order valence-electron chi connectivity index (χ3n) is 4.55. The van der Waals surface area contributed by atoms with E-state index in [0.29, 0.717) is 28.7 Å². The zero-order chi connectivity index (χ0) is 19.6. The maximum Gasteiger partial charge on any atom is 0.346 e. The van der Waals surface area contributed by atoms with Gasteiger partial charge in [0.25, 0.3) is 0 Å². The number of rotatable bonds is 5. The van der Waals surface area contributed by atoms with Crippen LogP contribution in [0.15, 0.2) is 51.7 Å². The fourth-order valence-corrected chi connectivity index (χ4v) is 3.14. The number of ether oxygens (including phenoxy) is 2. The molecule has 0 aliphatic heterocycles. The average Bonchev–Trinajstić information content (AvgIpc) is 2.64. The Morgan fingerprint density at radius 1 is 1.15 bits per heavy atom. The molecule has 3 aromatic rings. The van der Waals surface area contributed by atoms with Crippen LogP contribution in [0.4, 0.5) is 0 Å². The Labute approximate surface area is 157 Å². The third-order valence-corrected chi connectivity index (χ3v) is 4.55. The van der Waals surface area contributed by atoms with Crippen LogP contribution in [0.1, 0.15) is 29.2 Å². The molecule has 0 N–H and O–H groups in total. The normalized spacial score (nSPS) is 12.0. The standard InChI is InChI=1S/C22H22O5/c1-13-10-18(26-15(3)21(23)25-4)20-14(2)17(22(24)27-19(20)11-13)12-16-8-6-5-7-9-16/h5-11,15H,12H2,1-4H3. The van der Waals surface area contributed by atoms with Crippen LogP contribution in [-0.4, -0.2) is 19.2 Å². The smallest absolute Gasteiger partial charge is 0.346 e. The SMILES string of the molecule is COC(=O)C(C)Oc1cc(C)cc2oc(=O)c(Cc3ccccc3)c(C)c12. The largest absolute Gasteiger partial charge is 0.478 e. The fourth-order valence-electron chi connectivity index (χ4n) is 3.14. The molecule has 27 heavy (non-hydrogen) atoms. The molecule has 0 bridgehead atoms. The van der Waals surface area contributed by atoms with Gasteiger partial charge in [0, 0.05) is 12.0 Å². The van der Waals surface area contributed by atoms with Gasteiger partial charge in [0.2, 0.25) is 0 Å². The first-order valence-electron chi connectivity index (χ1n) is 8.76. The topological polar surface area (TPSA) is 65.7 Å². The highest BCUT2D eigenvalue weighted by Gasteiger charge is 2.20. The van der Waals surface area contributed by atoms with Gasteiger partial charge in [-0.25, -0.2) is 9.59 Å². The van der Waals surface area contributed by atoms with Gasteiger partial charge in [-0.15, -0.1) is 0 Å². The minimum Gasteiger partial charge on any atom is -0.478 e. The number of aryl methyl sites for hydroxylation is 2. The summed E-state index contributed by atoms with van der Waals surface area (Å²) < 4.78 is 16.2. The molecule has 5 nitrogen and oxygen atoms in total. The summed E-state index contributed by atoms with van der Waals surface area (Å²) >= 11 is 0. The van der Waals surface area contributed by atoms with Gasteiger partial charge in [0.05, 0.1) is 12.5 Å². The van der Waals surface area contributed by atoms with E-state index in [4.69, 9.17) is 13.9 Å². The van der Waals surface area contributed by atoms with Crippen LogP contribution in [0.3, 0.4) is 0 Å². The molecular formula is C22H22O5. The summed E-state index contributed by atoms with van der Waals surface area (Å²) in [5, 5.41) is 0.696. The van der Waals surface area contributed by atoms with Gasteiger partial charge < -0.3 is 13.9 Å². The molecular weight excluding hydrogens is 344 g/mol. The van der Waals surface area contributed by atoms with Crippen LogP contribution in [0, 0.1) is 13.8 Å². The molecule has 0 radical (unpaired) electrons. The number of hydrogen-bond donors (Lipinski definition) is 0. The van der Waals surface area contributed by atoms with Crippen LogP contribution in [0.25, 0.3) is 11.0 Å². The van der Waals surface area contributed by atoms with Gasteiger partial charge in [-0.2, -0.15) is 0 Å². The monoisotopic (exact) mass is 366 g/mol. The second kappa shape index (κ2) is 7.66. The van der Waals surface area contributed by atoms with Crippen molar-refractivity contribution in [3.8, 4) is 5.75 Å². The Kier molecular flexibility index (Phi) is 5.31. The molecule has 0 aliphatic carbocycles. The van der Waals surface area contributed by atoms with E-state index < -0.39 is 12.1 Å². The number of fused-ring (bicyclic) bond motifs is 1. The van der Waals surface area contributed by atoms with E-state index in [9.17, 15) is 9.59 Å². The van der Waals surface area contributed by atoms with Gasteiger partial charge in [-0.3, -0.25) is 0 Å². The molecule has 0 spiro atoms. The predicted octanol–water partition coefficient (Wildman–Crippen LogP) is 3.94. The van der Waals surface area contributed by atoms with Crippen LogP contribution in [0.2, 0.25) is 0 Å². The lowest BCUT2D eigenvalue weighted by Crippen LogP contribution is -2.25. The molecule has 0 saturated carbocycles. The highest BCUT2D eigenvalue weighted by atomic mass is 16.6. The molecule has 140 valence electrons. The van der Waals surface area contributed by atoms with E-state index in [0.717, 1.165) is 16.7 Å². The number of carbonyl (C=O) groups is 1. The Morgan fingerprint density at radius 3 is 2.52 bits per heavy atom. The van der Waals surface area contributed by atoms with Crippen LogP contribution < -0.4 is 10.4 Å². The van der Waals surface area contributed by atoms with Crippen molar-refractivity contribution in [3.05, 3.63) is 75.1 Å². The maximum atomic E-state index is 12.6. The van der Waals surface area contributed by atoms with E-state index in [2.05, 4.69) is 0 Å². The van der Waals surface area contributed by atoms with Crippen molar-refractivity contribution in [1.29, 1.82) is 0 Å². The predicted molar refractivity (Wildman–Crippen MR) is 103 cm³/mol. The lowest BCUT2D eigenvalue weighted by atomic mass is 9.98. The first kappa shape index (κ1) is 18.7. The first-order chi connectivity index (χ1) is 12.9. The Morgan fingerprint density at radius 2 is 1.85 bits per heavy atom. The molecule has 0 saturated heterocycles. The van der Waals surface area contributed by atoms with Crippen molar-refractivity contribution in [3.63, 3.8) is 0 Å².